The van der Waals surface area contributed by atoms with Gasteiger partial charge in [0, 0.05) is 5.38 Å². The van der Waals surface area contributed by atoms with E-state index in [0.717, 1.165) is 0 Å². The van der Waals surface area contributed by atoms with Gasteiger partial charge < -0.3 is 4.57 Å². The highest BCUT2D eigenvalue weighted by Gasteiger charge is 2.33. The Hall–Kier alpha value is -0.353. The largest absolute Gasteiger partial charge is 0.385 e. The fourth-order valence-corrected chi connectivity index (χ4v) is 6.27. The first-order valence-electron chi connectivity index (χ1n) is 5.32. The second kappa shape index (κ2) is 4.93. The van der Waals surface area contributed by atoms with Crippen molar-refractivity contribution in [2.45, 2.75) is 38.9 Å². The molecule has 0 amide bonds. The molecule has 1 heterocycles. The monoisotopic (exact) mass is 228 g/mol. The van der Waals surface area contributed by atoms with Crippen LogP contribution in [-0.4, -0.2) is 20.3 Å². The zero-order valence-corrected chi connectivity index (χ0v) is 11.4. The Bertz CT molecular complexity index is 249. The lowest BCUT2D eigenvalue weighted by Gasteiger charge is -2.38. The minimum absolute atomic E-state index is 1.17. The number of nitrogens with zero attached hydrogens (tertiary/aromatic N) is 2. The minimum Gasteiger partial charge on any atom is -0.385 e. The molecule has 80 valence electrons. The third-order valence-electron chi connectivity index (χ3n) is 3.45. The average molecular weight is 228 g/mol. The summed E-state index contributed by atoms with van der Waals surface area (Å²) in [5.41, 5.74) is 1.92. The topological polar surface area (TPSA) is 16.1 Å². The summed E-state index contributed by atoms with van der Waals surface area (Å²) < 4.78 is 2.48. The number of thiazole rings is 1. The predicted molar refractivity (Wildman–Crippen MR) is 67.7 cm³/mol. The first-order chi connectivity index (χ1) is 6.70. The lowest BCUT2D eigenvalue weighted by molar-refractivity contribution is 1.06. The number of hydrogen-bond acceptors (Lipinski definition) is 3. The van der Waals surface area contributed by atoms with Gasteiger partial charge in [0.25, 0.3) is 0 Å². The van der Waals surface area contributed by atoms with Gasteiger partial charge in [-0.2, -0.15) is 0 Å². The summed E-state index contributed by atoms with van der Waals surface area (Å²) in [6, 6.07) is 3.94. The third kappa shape index (κ3) is 2.01. The smallest absolute Gasteiger partial charge is 0.157 e. The molecule has 4 heteroatoms. The maximum absolute atomic E-state index is 4.41. The zero-order chi connectivity index (χ0) is 10.6. The van der Waals surface area contributed by atoms with E-state index in [1.54, 1.807) is 11.3 Å². The van der Waals surface area contributed by atoms with Crippen molar-refractivity contribution >= 4 is 25.4 Å². The molecule has 0 aromatic carbocycles. The van der Waals surface area contributed by atoms with Gasteiger partial charge >= 0.3 is 0 Å². The molecule has 1 rings (SSSR count). The summed E-state index contributed by atoms with van der Waals surface area (Å²) in [5.74, 6) is 1.17. The highest BCUT2D eigenvalue weighted by molar-refractivity contribution is 7.08. The van der Waals surface area contributed by atoms with E-state index in [1.165, 1.54) is 24.0 Å². The Labute approximate surface area is 92.1 Å². The standard InChI is InChI=1S/C10H20N2SSi/c1-5-14(6-2,7-3)12(4)10-8-13-9-11-10/h8-9H,5-7H2,1-4H3. The van der Waals surface area contributed by atoms with E-state index in [4.69, 9.17) is 0 Å². The number of rotatable bonds is 5. The molecular weight excluding hydrogens is 208 g/mol. The van der Waals surface area contributed by atoms with Crippen molar-refractivity contribution < 1.29 is 0 Å². The van der Waals surface area contributed by atoms with E-state index in [2.05, 4.69) is 42.7 Å². The average Bonchev–Trinajstić information content (AvgIpc) is 2.74. The van der Waals surface area contributed by atoms with E-state index < -0.39 is 8.24 Å². The summed E-state index contributed by atoms with van der Waals surface area (Å²) in [5, 5.41) is 2.16. The van der Waals surface area contributed by atoms with Crippen molar-refractivity contribution in [3.8, 4) is 0 Å². The molecule has 0 aliphatic rings. The van der Waals surface area contributed by atoms with Crippen LogP contribution in [0.3, 0.4) is 0 Å². The van der Waals surface area contributed by atoms with Gasteiger partial charge in [0.15, 0.2) is 8.24 Å². The van der Waals surface area contributed by atoms with Crippen LogP contribution in [0.4, 0.5) is 5.82 Å². The van der Waals surface area contributed by atoms with Gasteiger partial charge in [0.1, 0.15) is 5.82 Å². The highest BCUT2D eigenvalue weighted by Crippen LogP contribution is 2.28. The zero-order valence-electron chi connectivity index (χ0n) is 9.58. The number of anilines is 1. The normalized spacial score (nSPS) is 11.7. The number of aromatic nitrogens is 1. The van der Waals surface area contributed by atoms with E-state index in [9.17, 15) is 0 Å². The molecule has 0 radical (unpaired) electrons. The van der Waals surface area contributed by atoms with E-state index >= 15 is 0 Å². The van der Waals surface area contributed by atoms with Crippen molar-refractivity contribution in [2.75, 3.05) is 11.6 Å². The van der Waals surface area contributed by atoms with Gasteiger partial charge in [0.2, 0.25) is 0 Å². The van der Waals surface area contributed by atoms with Crippen LogP contribution in [0.1, 0.15) is 20.8 Å². The Morgan fingerprint density at radius 3 is 2.21 bits per heavy atom. The second-order valence-electron chi connectivity index (χ2n) is 3.69. The quantitative estimate of drug-likeness (QED) is 0.716. The molecule has 1 aromatic heterocycles. The lowest BCUT2D eigenvalue weighted by Crippen LogP contribution is -2.50. The van der Waals surface area contributed by atoms with E-state index in [1.807, 2.05) is 5.51 Å². The molecule has 2 nitrogen and oxygen atoms in total. The summed E-state index contributed by atoms with van der Waals surface area (Å²) in [6.07, 6.45) is 0. The molecule has 14 heavy (non-hydrogen) atoms. The van der Waals surface area contributed by atoms with Gasteiger partial charge in [-0.3, -0.25) is 0 Å². The molecule has 0 unspecified atom stereocenters. The summed E-state index contributed by atoms with van der Waals surface area (Å²) in [4.78, 5) is 4.41. The predicted octanol–water partition coefficient (Wildman–Crippen LogP) is 3.58. The van der Waals surface area contributed by atoms with Crippen LogP contribution in [0.5, 0.6) is 0 Å². The Kier molecular flexibility index (Phi) is 4.13. The molecule has 0 aliphatic carbocycles. The van der Waals surface area contributed by atoms with Crippen LogP contribution in [0.2, 0.25) is 18.1 Å². The van der Waals surface area contributed by atoms with E-state index in [0.29, 0.717) is 0 Å². The van der Waals surface area contributed by atoms with Gasteiger partial charge in [-0.15, -0.1) is 11.3 Å². The van der Waals surface area contributed by atoms with Crippen LogP contribution in [0, 0.1) is 0 Å². The third-order valence-corrected chi connectivity index (χ3v) is 9.62. The molecule has 0 fully saturated rings. The van der Waals surface area contributed by atoms with Gasteiger partial charge in [-0.1, -0.05) is 20.8 Å². The highest BCUT2D eigenvalue weighted by atomic mass is 32.1. The fraction of sp³-hybridized carbons (Fsp3) is 0.700. The molecule has 0 atom stereocenters. The van der Waals surface area contributed by atoms with E-state index in [-0.39, 0.29) is 0 Å². The molecule has 0 spiro atoms. The van der Waals surface area contributed by atoms with Crippen LogP contribution >= 0.6 is 11.3 Å². The van der Waals surface area contributed by atoms with Gasteiger partial charge in [0.05, 0.1) is 5.51 Å². The van der Waals surface area contributed by atoms with Crippen molar-refractivity contribution in [3.63, 3.8) is 0 Å². The Morgan fingerprint density at radius 1 is 1.29 bits per heavy atom. The van der Waals surface area contributed by atoms with Crippen LogP contribution in [0.25, 0.3) is 0 Å². The maximum atomic E-state index is 4.41. The van der Waals surface area contributed by atoms with Gasteiger partial charge in [-0.25, -0.2) is 4.98 Å². The Morgan fingerprint density at radius 2 is 1.86 bits per heavy atom. The van der Waals surface area contributed by atoms with Crippen molar-refractivity contribution in [3.05, 3.63) is 10.9 Å². The lowest BCUT2D eigenvalue weighted by atomic mass is 10.8. The Balaban J connectivity index is 2.89. The van der Waals surface area contributed by atoms with Crippen LogP contribution < -0.4 is 4.57 Å². The summed E-state index contributed by atoms with van der Waals surface area (Å²) in [6.45, 7) is 6.96. The minimum atomic E-state index is -1.25. The van der Waals surface area contributed by atoms with Crippen molar-refractivity contribution in [1.82, 2.24) is 4.98 Å². The summed E-state index contributed by atoms with van der Waals surface area (Å²) in [7, 11) is 0.972. The SMILES string of the molecule is CC[Si](CC)(CC)N(C)c1cscn1. The maximum Gasteiger partial charge on any atom is 0.157 e. The van der Waals surface area contributed by atoms with Crippen LogP contribution in [-0.2, 0) is 0 Å². The molecule has 0 saturated heterocycles. The van der Waals surface area contributed by atoms with Crippen molar-refractivity contribution in [1.29, 1.82) is 0 Å². The first-order valence-corrected chi connectivity index (χ1v) is 8.83. The van der Waals surface area contributed by atoms with Crippen molar-refractivity contribution in [2.24, 2.45) is 0 Å². The number of hydrogen-bond donors (Lipinski definition) is 0. The molecular formula is C10H20N2SSi. The fourth-order valence-electron chi connectivity index (χ4n) is 2.08. The molecule has 0 aliphatic heterocycles. The second-order valence-corrected chi connectivity index (χ2v) is 9.65. The van der Waals surface area contributed by atoms with Gasteiger partial charge in [-0.05, 0) is 25.2 Å². The first kappa shape index (κ1) is 11.7. The molecule has 0 bridgehead atoms. The van der Waals surface area contributed by atoms with Crippen LogP contribution in [0.15, 0.2) is 10.9 Å². The molecule has 0 saturated carbocycles. The molecule has 1 aromatic rings. The summed E-state index contributed by atoms with van der Waals surface area (Å²) >= 11 is 1.68. The molecule has 0 N–H and O–H groups in total.